The van der Waals surface area contributed by atoms with Crippen LogP contribution in [0.2, 0.25) is 0 Å². The summed E-state index contributed by atoms with van der Waals surface area (Å²) in [6, 6.07) is 6.84. The van der Waals surface area contributed by atoms with Gasteiger partial charge < -0.3 is 4.74 Å². The predicted molar refractivity (Wildman–Crippen MR) is 59.2 cm³/mol. The van der Waals surface area contributed by atoms with Crippen molar-refractivity contribution in [2.45, 2.75) is 12.9 Å². The van der Waals surface area contributed by atoms with Gasteiger partial charge in [0, 0.05) is 7.05 Å². The monoisotopic (exact) mass is 260 g/mol. The molecule has 0 amide bonds. The molecule has 4 nitrogen and oxygen atoms in total. The fraction of sp³-hybridized carbons (Fsp3) is 0.364. The highest BCUT2D eigenvalue weighted by Crippen LogP contribution is 2.16. The molecule has 18 heavy (non-hydrogen) atoms. The highest BCUT2D eigenvalue weighted by Gasteiger charge is 2.27. The number of ether oxygens (including phenoxy) is 1. The summed E-state index contributed by atoms with van der Waals surface area (Å²) < 4.78 is 42.9. The minimum atomic E-state index is -4.39. The van der Waals surface area contributed by atoms with Crippen LogP contribution in [0, 0.1) is 0 Å². The Bertz CT molecular complexity index is 613. The summed E-state index contributed by atoms with van der Waals surface area (Å²) in [5, 5.41) is 0. The lowest BCUT2D eigenvalue weighted by Gasteiger charge is -2.08. The smallest absolute Gasteiger partial charge is 0.351 e. The molecule has 0 saturated carbocycles. The number of alkyl halides is 3. The summed E-state index contributed by atoms with van der Waals surface area (Å²) in [6.07, 6.45) is -4.39. The molecule has 0 unspecified atom stereocenters. The molecule has 0 spiro atoms. The van der Waals surface area contributed by atoms with Crippen LogP contribution in [0.1, 0.15) is 0 Å². The highest BCUT2D eigenvalue weighted by molar-refractivity contribution is 5.75. The molecule has 1 aromatic heterocycles. The standard InChI is InChI=1S/C11H11F3N2O2/c1-15-8-4-2-3-5-9(8)16(10(15)17)7-18-6-11(12,13)14/h2-5H,6-7H2,1H3. The maximum atomic E-state index is 12.0. The number of halogens is 3. The average molecular weight is 260 g/mol. The molecular formula is C11H11F3N2O2. The Morgan fingerprint density at radius 1 is 1.22 bits per heavy atom. The normalized spacial score (nSPS) is 12.2. The fourth-order valence-corrected chi connectivity index (χ4v) is 1.74. The Balaban J connectivity index is 2.28. The van der Waals surface area contributed by atoms with Crippen LogP contribution in [0.4, 0.5) is 13.2 Å². The SMILES string of the molecule is Cn1c(=O)n(COCC(F)(F)F)c2ccccc21. The zero-order valence-corrected chi connectivity index (χ0v) is 9.57. The summed E-state index contributed by atoms with van der Waals surface area (Å²) in [5.74, 6) is 0. The molecule has 7 heteroatoms. The minimum absolute atomic E-state index is 0.404. The van der Waals surface area contributed by atoms with Crippen molar-refractivity contribution >= 4 is 11.0 Å². The molecule has 0 N–H and O–H groups in total. The molecule has 0 aliphatic rings. The summed E-state index contributed by atoms with van der Waals surface area (Å²) in [4.78, 5) is 11.8. The Labute approximate surface area is 100 Å². The van der Waals surface area contributed by atoms with Crippen molar-refractivity contribution in [2.75, 3.05) is 6.61 Å². The number of hydrogen-bond donors (Lipinski definition) is 0. The molecule has 1 heterocycles. The van der Waals surface area contributed by atoms with E-state index in [1.807, 2.05) is 0 Å². The average Bonchev–Trinajstić information content (AvgIpc) is 2.53. The van der Waals surface area contributed by atoms with Gasteiger partial charge in [0.05, 0.1) is 11.0 Å². The van der Waals surface area contributed by atoms with Gasteiger partial charge in [0.2, 0.25) is 0 Å². The molecule has 2 rings (SSSR count). The molecule has 0 atom stereocenters. The maximum Gasteiger partial charge on any atom is 0.411 e. The third-order valence-corrected chi connectivity index (χ3v) is 2.54. The molecule has 0 saturated heterocycles. The van der Waals surface area contributed by atoms with Crippen molar-refractivity contribution in [2.24, 2.45) is 7.05 Å². The zero-order chi connectivity index (χ0) is 13.3. The summed E-state index contributed by atoms with van der Waals surface area (Å²) in [7, 11) is 1.56. The van der Waals surface area contributed by atoms with Gasteiger partial charge in [-0.3, -0.25) is 9.13 Å². The Hall–Kier alpha value is -1.76. The molecular weight excluding hydrogens is 249 g/mol. The number of benzene rings is 1. The first-order chi connectivity index (χ1) is 8.40. The number of hydrogen-bond acceptors (Lipinski definition) is 2. The van der Waals surface area contributed by atoms with E-state index in [0.717, 1.165) is 0 Å². The quantitative estimate of drug-likeness (QED) is 0.844. The lowest BCUT2D eigenvalue weighted by molar-refractivity contribution is -0.181. The van der Waals surface area contributed by atoms with Gasteiger partial charge in [-0.25, -0.2) is 4.79 Å². The van der Waals surface area contributed by atoms with Gasteiger partial charge in [-0.2, -0.15) is 13.2 Å². The van der Waals surface area contributed by atoms with E-state index >= 15 is 0 Å². The van der Waals surface area contributed by atoms with Crippen LogP contribution >= 0.6 is 0 Å². The summed E-state index contributed by atoms with van der Waals surface area (Å²) in [6.45, 7) is -1.79. The first-order valence-corrected chi connectivity index (χ1v) is 5.19. The molecule has 98 valence electrons. The first-order valence-electron chi connectivity index (χ1n) is 5.19. The van der Waals surface area contributed by atoms with Crippen LogP contribution in [-0.4, -0.2) is 21.9 Å². The molecule has 2 aromatic rings. The second-order valence-electron chi connectivity index (χ2n) is 3.85. The van der Waals surface area contributed by atoms with Gasteiger partial charge in [0.25, 0.3) is 0 Å². The number of aromatic nitrogens is 2. The third-order valence-electron chi connectivity index (χ3n) is 2.54. The van der Waals surface area contributed by atoms with E-state index in [1.165, 1.54) is 9.13 Å². The van der Waals surface area contributed by atoms with Crippen LogP contribution in [0.15, 0.2) is 29.1 Å². The lowest BCUT2D eigenvalue weighted by Crippen LogP contribution is -2.25. The first kappa shape index (κ1) is 12.7. The molecule has 0 fully saturated rings. The fourth-order valence-electron chi connectivity index (χ4n) is 1.74. The molecule has 1 aromatic carbocycles. The van der Waals surface area contributed by atoms with Gasteiger partial charge in [-0.05, 0) is 12.1 Å². The van der Waals surface area contributed by atoms with Crippen molar-refractivity contribution in [3.05, 3.63) is 34.7 Å². The molecule has 0 aliphatic heterocycles. The van der Waals surface area contributed by atoms with Crippen LogP contribution < -0.4 is 5.69 Å². The summed E-state index contributed by atoms with van der Waals surface area (Å²) in [5.41, 5.74) is 0.795. The minimum Gasteiger partial charge on any atom is -0.351 e. The zero-order valence-electron chi connectivity index (χ0n) is 9.57. The number of para-hydroxylation sites is 2. The van der Waals surface area contributed by atoms with Crippen molar-refractivity contribution in [1.29, 1.82) is 0 Å². The topological polar surface area (TPSA) is 36.2 Å². The van der Waals surface area contributed by atoms with Gasteiger partial charge in [0.1, 0.15) is 13.3 Å². The van der Waals surface area contributed by atoms with Gasteiger partial charge in [-0.1, -0.05) is 12.1 Å². The maximum absolute atomic E-state index is 12.0. The van der Waals surface area contributed by atoms with Crippen molar-refractivity contribution < 1.29 is 17.9 Å². The van der Waals surface area contributed by atoms with Gasteiger partial charge >= 0.3 is 11.9 Å². The second kappa shape index (κ2) is 4.49. The van der Waals surface area contributed by atoms with Crippen LogP contribution in [0.5, 0.6) is 0 Å². The number of fused-ring (bicyclic) bond motifs is 1. The van der Waals surface area contributed by atoms with Crippen LogP contribution in [0.3, 0.4) is 0 Å². The van der Waals surface area contributed by atoms with E-state index in [0.29, 0.717) is 11.0 Å². The second-order valence-corrected chi connectivity index (χ2v) is 3.85. The van der Waals surface area contributed by atoms with Gasteiger partial charge in [-0.15, -0.1) is 0 Å². The van der Waals surface area contributed by atoms with Gasteiger partial charge in [0.15, 0.2) is 0 Å². The van der Waals surface area contributed by atoms with E-state index in [4.69, 9.17) is 0 Å². The highest BCUT2D eigenvalue weighted by atomic mass is 19.4. The number of rotatable bonds is 3. The van der Waals surface area contributed by atoms with E-state index in [9.17, 15) is 18.0 Å². The van der Waals surface area contributed by atoms with Crippen molar-refractivity contribution in [3.63, 3.8) is 0 Å². The number of nitrogens with zero attached hydrogens (tertiary/aromatic N) is 2. The van der Waals surface area contributed by atoms with E-state index in [1.54, 1.807) is 31.3 Å². The summed E-state index contributed by atoms with van der Waals surface area (Å²) >= 11 is 0. The van der Waals surface area contributed by atoms with E-state index in [2.05, 4.69) is 4.74 Å². The Kier molecular flexibility index (Phi) is 3.16. The molecule has 0 radical (unpaired) electrons. The third kappa shape index (κ3) is 2.40. The van der Waals surface area contributed by atoms with Crippen LogP contribution in [-0.2, 0) is 18.5 Å². The Morgan fingerprint density at radius 3 is 2.44 bits per heavy atom. The van der Waals surface area contributed by atoms with Crippen LogP contribution in [0.25, 0.3) is 11.0 Å². The number of aryl methyl sites for hydroxylation is 1. The molecule has 0 bridgehead atoms. The number of imidazole rings is 1. The lowest BCUT2D eigenvalue weighted by atomic mass is 10.3. The largest absolute Gasteiger partial charge is 0.411 e. The van der Waals surface area contributed by atoms with Crippen molar-refractivity contribution in [1.82, 2.24) is 9.13 Å². The van der Waals surface area contributed by atoms with Crippen molar-refractivity contribution in [3.8, 4) is 0 Å². The Morgan fingerprint density at radius 2 is 1.83 bits per heavy atom. The predicted octanol–water partition coefficient (Wildman–Crippen LogP) is 1.88. The molecule has 0 aliphatic carbocycles. The van der Waals surface area contributed by atoms with E-state index < -0.39 is 25.2 Å². The van der Waals surface area contributed by atoms with E-state index in [-0.39, 0.29) is 0 Å².